The van der Waals surface area contributed by atoms with E-state index in [1.807, 2.05) is 0 Å². The van der Waals surface area contributed by atoms with E-state index in [1.165, 1.54) is 24.2 Å². The molecule has 1 heterocycles. The zero-order chi connectivity index (χ0) is 18.9. The van der Waals surface area contributed by atoms with E-state index >= 15 is 0 Å². The van der Waals surface area contributed by atoms with Crippen molar-refractivity contribution in [3.63, 3.8) is 0 Å². The van der Waals surface area contributed by atoms with Crippen LogP contribution < -0.4 is 15.5 Å². The number of anilines is 2. The molecular weight excluding hydrogens is 334 g/mol. The van der Waals surface area contributed by atoms with Crippen LogP contribution in [0, 0.1) is 0 Å². The lowest BCUT2D eigenvalue weighted by Crippen LogP contribution is -2.26. The molecule has 0 fully saturated rings. The fourth-order valence-corrected chi connectivity index (χ4v) is 2.08. The van der Waals surface area contributed by atoms with Crippen LogP contribution in [-0.4, -0.2) is 31.3 Å². The lowest BCUT2D eigenvalue weighted by molar-refractivity contribution is -0.118. The molecule has 1 aromatic carbocycles. The van der Waals surface area contributed by atoms with Crippen LogP contribution in [0.3, 0.4) is 0 Å². The molecule has 2 N–H and O–H groups in total. The average molecular weight is 355 g/mol. The highest BCUT2D eigenvalue weighted by Crippen LogP contribution is 2.17. The molecule has 0 spiro atoms. The number of furan rings is 1. The van der Waals surface area contributed by atoms with Crippen LogP contribution in [0.2, 0.25) is 0 Å². The molecule has 0 aliphatic carbocycles. The van der Waals surface area contributed by atoms with Crippen molar-refractivity contribution in [2.24, 2.45) is 0 Å². The lowest BCUT2D eigenvalue weighted by atomic mass is 10.2. The maximum Gasteiger partial charge on any atom is 0.244 e. The molecule has 0 radical (unpaired) electrons. The van der Waals surface area contributed by atoms with Gasteiger partial charge in [0.2, 0.25) is 17.7 Å². The summed E-state index contributed by atoms with van der Waals surface area (Å²) in [6, 6.07) is 10.4. The summed E-state index contributed by atoms with van der Waals surface area (Å²) in [6.45, 7) is 1.70. The Morgan fingerprint density at radius 1 is 1.15 bits per heavy atom. The summed E-state index contributed by atoms with van der Waals surface area (Å²) < 4.78 is 5.08. The number of amides is 3. The Kier molecular flexibility index (Phi) is 6.73. The molecule has 0 aliphatic heterocycles. The Balaban J connectivity index is 1.73. The molecule has 0 saturated heterocycles. The summed E-state index contributed by atoms with van der Waals surface area (Å²) in [5.41, 5.74) is 1.37. The highest BCUT2D eigenvalue weighted by atomic mass is 16.3. The van der Waals surface area contributed by atoms with Gasteiger partial charge in [0.05, 0.1) is 6.26 Å². The van der Waals surface area contributed by atoms with Crippen LogP contribution in [0.5, 0.6) is 0 Å². The molecule has 3 amide bonds. The number of rotatable bonds is 7. The molecule has 2 rings (SSSR count). The Labute approximate surface area is 151 Å². The van der Waals surface area contributed by atoms with E-state index in [1.54, 1.807) is 49.5 Å². The molecule has 0 unspecified atom stereocenters. The molecule has 0 bridgehead atoms. The third-order valence-electron chi connectivity index (χ3n) is 3.60. The molecule has 0 aliphatic rings. The normalized spacial score (nSPS) is 10.5. The molecule has 0 atom stereocenters. The highest BCUT2D eigenvalue weighted by molar-refractivity contribution is 5.94. The smallest absolute Gasteiger partial charge is 0.244 e. The maximum absolute atomic E-state index is 11.9. The third kappa shape index (κ3) is 5.94. The van der Waals surface area contributed by atoms with Crippen molar-refractivity contribution in [3.05, 3.63) is 54.5 Å². The van der Waals surface area contributed by atoms with Gasteiger partial charge in [0.25, 0.3) is 0 Å². The minimum absolute atomic E-state index is 0.0707. The molecular formula is C19H21N3O4. The van der Waals surface area contributed by atoms with Gasteiger partial charge in [0.15, 0.2) is 0 Å². The highest BCUT2D eigenvalue weighted by Gasteiger charge is 2.07. The first kappa shape index (κ1) is 19.0. The molecule has 1 aromatic heterocycles. The zero-order valence-electron chi connectivity index (χ0n) is 14.7. The summed E-state index contributed by atoms with van der Waals surface area (Å²) in [5, 5.41) is 5.36. The van der Waals surface area contributed by atoms with Crippen molar-refractivity contribution in [1.29, 1.82) is 0 Å². The van der Waals surface area contributed by atoms with Gasteiger partial charge in [0.1, 0.15) is 5.76 Å². The Morgan fingerprint density at radius 2 is 1.88 bits per heavy atom. The minimum Gasteiger partial charge on any atom is -0.465 e. The second-order valence-electron chi connectivity index (χ2n) is 5.56. The first-order valence-electron chi connectivity index (χ1n) is 8.09. The first-order valence-corrected chi connectivity index (χ1v) is 8.09. The monoisotopic (exact) mass is 355 g/mol. The van der Waals surface area contributed by atoms with Crippen molar-refractivity contribution < 1.29 is 18.8 Å². The van der Waals surface area contributed by atoms with Gasteiger partial charge >= 0.3 is 0 Å². The average Bonchev–Trinajstić information content (AvgIpc) is 3.13. The number of nitrogens with one attached hydrogen (secondary N) is 2. The van der Waals surface area contributed by atoms with E-state index < -0.39 is 0 Å². The van der Waals surface area contributed by atoms with Crippen molar-refractivity contribution >= 4 is 35.2 Å². The maximum atomic E-state index is 11.9. The predicted octanol–water partition coefficient (Wildman–Crippen LogP) is 2.42. The number of carbonyl (C=O) groups is 3. The number of hydrogen-bond acceptors (Lipinski definition) is 4. The predicted molar refractivity (Wildman–Crippen MR) is 99.5 cm³/mol. The summed E-state index contributed by atoms with van der Waals surface area (Å²) in [7, 11) is 1.68. The van der Waals surface area contributed by atoms with Gasteiger partial charge in [-0.15, -0.1) is 0 Å². The van der Waals surface area contributed by atoms with Gasteiger partial charge in [-0.1, -0.05) is 0 Å². The van der Waals surface area contributed by atoms with Crippen LogP contribution in [0.15, 0.2) is 53.2 Å². The van der Waals surface area contributed by atoms with Crippen LogP contribution >= 0.6 is 0 Å². The molecule has 7 heteroatoms. The van der Waals surface area contributed by atoms with E-state index in [9.17, 15) is 14.4 Å². The molecule has 26 heavy (non-hydrogen) atoms. The van der Waals surface area contributed by atoms with E-state index in [0.717, 1.165) is 5.69 Å². The largest absolute Gasteiger partial charge is 0.465 e. The molecule has 0 saturated carbocycles. The quantitative estimate of drug-likeness (QED) is 0.746. The van der Waals surface area contributed by atoms with Crippen molar-refractivity contribution in [2.75, 3.05) is 23.8 Å². The van der Waals surface area contributed by atoms with Crippen LogP contribution in [-0.2, 0) is 14.4 Å². The minimum atomic E-state index is -0.300. The molecule has 136 valence electrons. The van der Waals surface area contributed by atoms with E-state index in [0.29, 0.717) is 11.4 Å². The van der Waals surface area contributed by atoms with Gasteiger partial charge in [-0.3, -0.25) is 14.4 Å². The van der Waals surface area contributed by atoms with Crippen LogP contribution in [0.1, 0.15) is 19.1 Å². The summed E-state index contributed by atoms with van der Waals surface area (Å²) in [5.74, 6) is -0.00538. The third-order valence-corrected chi connectivity index (χ3v) is 3.60. The first-order chi connectivity index (χ1) is 12.5. The SMILES string of the molecule is CC(=O)N(C)c1ccc(NC(=O)CCNC(=O)/C=C/c2ccco2)cc1. The van der Waals surface area contributed by atoms with Gasteiger partial charge in [-0.2, -0.15) is 0 Å². The Morgan fingerprint density at radius 3 is 2.50 bits per heavy atom. The molecule has 7 nitrogen and oxygen atoms in total. The van der Waals surface area contributed by atoms with Gasteiger partial charge in [-0.05, 0) is 42.5 Å². The number of nitrogens with zero attached hydrogens (tertiary/aromatic N) is 1. The van der Waals surface area contributed by atoms with Crippen molar-refractivity contribution in [2.45, 2.75) is 13.3 Å². The van der Waals surface area contributed by atoms with Crippen molar-refractivity contribution in [1.82, 2.24) is 5.32 Å². The fourth-order valence-electron chi connectivity index (χ4n) is 2.08. The lowest BCUT2D eigenvalue weighted by Gasteiger charge is -2.15. The second-order valence-corrected chi connectivity index (χ2v) is 5.56. The van der Waals surface area contributed by atoms with Gasteiger partial charge in [-0.25, -0.2) is 0 Å². The van der Waals surface area contributed by atoms with E-state index in [2.05, 4.69) is 10.6 Å². The number of benzene rings is 1. The number of carbonyl (C=O) groups excluding carboxylic acids is 3. The summed E-state index contributed by atoms with van der Waals surface area (Å²) >= 11 is 0. The van der Waals surface area contributed by atoms with Crippen LogP contribution in [0.4, 0.5) is 11.4 Å². The number of hydrogen-bond donors (Lipinski definition) is 2. The van der Waals surface area contributed by atoms with E-state index in [-0.39, 0.29) is 30.7 Å². The van der Waals surface area contributed by atoms with Crippen LogP contribution in [0.25, 0.3) is 6.08 Å². The van der Waals surface area contributed by atoms with E-state index in [4.69, 9.17) is 4.42 Å². The second kappa shape index (κ2) is 9.22. The zero-order valence-corrected chi connectivity index (χ0v) is 14.7. The Bertz CT molecular complexity index is 780. The molecule has 2 aromatic rings. The van der Waals surface area contributed by atoms with Gasteiger partial charge in [0, 0.05) is 44.4 Å². The fraction of sp³-hybridized carbons (Fsp3) is 0.211. The topological polar surface area (TPSA) is 91.7 Å². The standard InChI is InChI=1S/C19H21N3O4/c1-14(23)22(2)16-7-5-15(6-8-16)21-19(25)11-12-20-18(24)10-9-17-4-3-13-26-17/h3-10,13H,11-12H2,1-2H3,(H,20,24)(H,21,25)/b10-9+. The van der Waals surface area contributed by atoms with Gasteiger partial charge < -0.3 is 20.0 Å². The van der Waals surface area contributed by atoms with Crippen molar-refractivity contribution in [3.8, 4) is 0 Å². The Hall–Kier alpha value is -3.35. The summed E-state index contributed by atoms with van der Waals surface area (Å²) in [4.78, 5) is 36.4. The summed E-state index contributed by atoms with van der Waals surface area (Å²) in [6.07, 6.45) is 4.57.